The fourth-order valence-corrected chi connectivity index (χ4v) is 4.79. The summed E-state index contributed by atoms with van der Waals surface area (Å²) < 4.78 is 1.43. The summed E-state index contributed by atoms with van der Waals surface area (Å²) in [7, 11) is 3.86. The highest BCUT2D eigenvalue weighted by Crippen LogP contribution is 2.44. The molecule has 3 aromatic heterocycles. The molecule has 154 valence electrons. The lowest BCUT2D eigenvalue weighted by atomic mass is 9.77. The number of carbonyl (C=O) groups is 1. The van der Waals surface area contributed by atoms with Gasteiger partial charge in [0.1, 0.15) is 11.2 Å². The Bertz CT molecular complexity index is 1200. The third-order valence-electron chi connectivity index (χ3n) is 6.34. The average Bonchev–Trinajstić information content (AvgIpc) is 3.11. The van der Waals surface area contributed by atoms with E-state index in [0.29, 0.717) is 24.7 Å². The van der Waals surface area contributed by atoms with Crippen molar-refractivity contribution in [3.8, 4) is 0 Å². The molecule has 30 heavy (non-hydrogen) atoms. The first kappa shape index (κ1) is 18.7. The van der Waals surface area contributed by atoms with E-state index in [9.17, 15) is 9.59 Å². The van der Waals surface area contributed by atoms with E-state index in [0.717, 1.165) is 31.4 Å². The fourth-order valence-electron chi connectivity index (χ4n) is 4.79. The van der Waals surface area contributed by atoms with E-state index in [1.807, 2.05) is 36.2 Å². The van der Waals surface area contributed by atoms with Crippen molar-refractivity contribution in [1.29, 1.82) is 0 Å². The number of aryl methyl sites for hydroxylation is 1. The molecule has 4 heterocycles. The molecule has 1 unspecified atom stereocenters. The molecule has 1 fully saturated rings. The molecule has 1 aliphatic carbocycles. The number of fused-ring (bicyclic) bond motifs is 3. The standard InChI is InChI=1S/C22H24N6O2/c1-26(2)21-24-12-15-7-9-22(18(15)25-21)8-5-10-27(14-22)19(29)16-13-23-17-6-3-4-11-28(17)20(16)30/h3-4,6,11-13H,5,7-10,14H2,1-2H3. The maximum Gasteiger partial charge on any atom is 0.270 e. The highest BCUT2D eigenvalue weighted by molar-refractivity contribution is 5.94. The van der Waals surface area contributed by atoms with Gasteiger partial charge in [0.25, 0.3) is 11.5 Å². The Kier molecular flexibility index (Phi) is 4.30. The quantitative estimate of drug-likeness (QED) is 0.646. The molecule has 1 aliphatic heterocycles. The molecule has 0 saturated carbocycles. The fraction of sp³-hybridized carbons (Fsp3) is 0.409. The average molecular weight is 404 g/mol. The minimum absolute atomic E-state index is 0.116. The first-order valence-corrected chi connectivity index (χ1v) is 10.3. The number of likely N-dealkylation sites (tertiary alicyclic amines) is 1. The molecule has 2 aliphatic rings. The smallest absolute Gasteiger partial charge is 0.270 e. The molecule has 0 radical (unpaired) electrons. The van der Waals surface area contributed by atoms with Crippen LogP contribution in [0.1, 0.15) is 40.9 Å². The number of rotatable bonds is 2. The number of hydrogen-bond acceptors (Lipinski definition) is 6. The first-order valence-electron chi connectivity index (χ1n) is 10.3. The zero-order valence-corrected chi connectivity index (χ0v) is 17.2. The van der Waals surface area contributed by atoms with Crippen LogP contribution >= 0.6 is 0 Å². The second-order valence-electron chi connectivity index (χ2n) is 8.45. The van der Waals surface area contributed by atoms with Gasteiger partial charge < -0.3 is 9.80 Å². The minimum Gasteiger partial charge on any atom is -0.347 e. The number of pyridine rings is 1. The molecular weight excluding hydrogens is 380 g/mol. The predicted molar refractivity (Wildman–Crippen MR) is 113 cm³/mol. The van der Waals surface area contributed by atoms with Crippen LogP contribution in [0.2, 0.25) is 0 Å². The highest BCUT2D eigenvalue weighted by atomic mass is 16.2. The zero-order valence-electron chi connectivity index (χ0n) is 17.2. The lowest BCUT2D eigenvalue weighted by molar-refractivity contribution is 0.0631. The summed E-state index contributed by atoms with van der Waals surface area (Å²) in [5.41, 5.74) is 2.39. The van der Waals surface area contributed by atoms with Gasteiger partial charge in [0, 0.05) is 51.2 Å². The Balaban J connectivity index is 1.49. The number of anilines is 1. The molecule has 0 N–H and O–H groups in total. The van der Waals surface area contributed by atoms with Gasteiger partial charge in [-0.3, -0.25) is 14.0 Å². The summed E-state index contributed by atoms with van der Waals surface area (Å²) >= 11 is 0. The Morgan fingerprint density at radius 1 is 1.17 bits per heavy atom. The van der Waals surface area contributed by atoms with E-state index < -0.39 is 0 Å². The van der Waals surface area contributed by atoms with Crippen molar-refractivity contribution in [2.45, 2.75) is 31.1 Å². The normalized spacial score (nSPS) is 20.5. The molecule has 1 amide bonds. The van der Waals surface area contributed by atoms with E-state index >= 15 is 0 Å². The topological polar surface area (TPSA) is 83.7 Å². The summed E-state index contributed by atoms with van der Waals surface area (Å²) in [6, 6.07) is 5.33. The molecule has 3 aromatic rings. The van der Waals surface area contributed by atoms with Crippen LogP contribution in [0.3, 0.4) is 0 Å². The van der Waals surface area contributed by atoms with Gasteiger partial charge >= 0.3 is 0 Å². The lowest BCUT2D eigenvalue weighted by Gasteiger charge is -2.40. The molecule has 1 saturated heterocycles. The van der Waals surface area contributed by atoms with Crippen molar-refractivity contribution < 1.29 is 4.79 Å². The van der Waals surface area contributed by atoms with Crippen LogP contribution < -0.4 is 10.5 Å². The van der Waals surface area contributed by atoms with E-state index in [1.54, 1.807) is 18.3 Å². The zero-order chi connectivity index (χ0) is 20.9. The lowest BCUT2D eigenvalue weighted by Crippen LogP contribution is -2.49. The maximum atomic E-state index is 13.3. The van der Waals surface area contributed by atoms with Crippen LogP contribution in [0.5, 0.6) is 0 Å². The van der Waals surface area contributed by atoms with Gasteiger partial charge in [-0.2, -0.15) is 0 Å². The summed E-state index contributed by atoms with van der Waals surface area (Å²) in [4.78, 5) is 43.5. The predicted octanol–water partition coefficient (Wildman–Crippen LogP) is 1.67. The number of piperidine rings is 1. The van der Waals surface area contributed by atoms with Crippen LogP contribution in [0, 0.1) is 0 Å². The Labute approximate surface area is 174 Å². The second kappa shape index (κ2) is 6.90. The highest BCUT2D eigenvalue weighted by Gasteiger charge is 2.45. The van der Waals surface area contributed by atoms with Gasteiger partial charge in [0.05, 0.1) is 5.69 Å². The van der Waals surface area contributed by atoms with Gasteiger partial charge in [-0.05, 0) is 43.4 Å². The summed E-state index contributed by atoms with van der Waals surface area (Å²) in [6.07, 6.45) is 8.73. The van der Waals surface area contributed by atoms with E-state index in [4.69, 9.17) is 4.98 Å². The summed E-state index contributed by atoms with van der Waals surface area (Å²) in [5.74, 6) is 0.440. The van der Waals surface area contributed by atoms with Gasteiger partial charge in [-0.1, -0.05) is 6.07 Å². The number of aromatic nitrogens is 4. The molecule has 5 rings (SSSR count). The Morgan fingerprint density at radius 2 is 2.03 bits per heavy atom. The van der Waals surface area contributed by atoms with Crippen molar-refractivity contribution >= 4 is 17.5 Å². The first-order chi connectivity index (χ1) is 14.5. The van der Waals surface area contributed by atoms with Crippen molar-refractivity contribution in [2.24, 2.45) is 0 Å². The number of hydrogen-bond donors (Lipinski definition) is 0. The molecule has 0 bridgehead atoms. The third kappa shape index (κ3) is 2.86. The summed E-state index contributed by atoms with van der Waals surface area (Å²) in [6.45, 7) is 1.21. The number of carbonyl (C=O) groups excluding carboxylic acids is 1. The minimum atomic E-state index is -0.325. The Morgan fingerprint density at radius 3 is 2.87 bits per heavy atom. The van der Waals surface area contributed by atoms with Gasteiger partial charge in [0.15, 0.2) is 0 Å². The maximum absolute atomic E-state index is 13.3. The summed E-state index contributed by atoms with van der Waals surface area (Å²) in [5, 5.41) is 0. The SMILES string of the molecule is CN(C)c1ncc2c(n1)C1(CCCN(C(=O)c3cnc4ccccn4c3=O)C1)CC2. The van der Waals surface area contributed by atoms with Gasteiger partial charge in [-0.25, -0.2) is 15.0 Å². The van der Waals surface area contributed by atoms with Crippen LogP contribution in [-0.4, -0.2) is 57.3 Å². The molecule has 0 aromatic carbocycles. The van der Waals surface area contributed by atoms with Crippen LogP contribution in [0.25, 0.3) is 5.65 Å². The number of amides is 1. The molecule has 8 nitrogen and oxygen atoms in total. The molecule has 8 heteroatoms. The van der Waals surface area contributed by atoms with Crippen molar-refractivity contribution in [3.05, 3.63) is 64.0 Å². The Hall–Kier alpha value is -3.29. The van der Waals surface area contributed by atoms with Crippen molar-refractivity contribution in [1.82, 2.24) is 24.3 Å². The largest absolute Gasteiger partial charge is 0.347 e. The van der Waals surface area contributed by atoms with E-state index in [1.165, 1.54) is 16.2 Å². The van der Waals surface area contributed by atoms with Crippen molar-refractivity contribution in [2.75, 3.05) is 32.1 Å². The molecule has 1 atom stereocenters. The van der Waals surface area contributed by atoms with Gasteiger partial charge in [-0.15, -0.1) is 0 Å². The van der Waals surface area contributed by atoms with Crippen LogP contribution in [0.15, 0.2) is 41.6 Å². The molecular formula is C22H24N6O2. The monoisotopic (exact) mass is 404 g/mol. The number of nitrogens with zero attached hydrogens (tertiary/aromatic N) is 6. The molecule has 1 spiro atoms. The van der Waals surface area contributed by atoms with Crippen molar-refractivity contribution in [3.63, 3.8) is 0 Å². The second-order valence-corrected chi connectivity index (χ2v) is 8.45. The van der Waals surface area contributed by atoms with E-state index in [-0.39, 0.29) is 22.4 Å². The van der Waals surface area contributed by atoms with E-state index in [2.05, 4.69) is 9.97 Å². The van der Waals surface area contributed by atoms with Crippen LogP contribution in [0.4, 0.5) is 5.95 Å². The van der Waals surface area contributed by atoms with Gasteiger partial charge in [0.2, 0.25) is 5.95 Å². The third-order valence-corrected chi connectivity index (χ3v) is 6.34. The van der Waals surface area contributed by atoms with Crippen LogP contribution in [-0.2, 0) is 11.8 Å².